The average Bonchev–Trinajstić information content (AvgIpc) is 3.34. The van der Waals surface area contributed by atoms with Gasteiger partial charge < -0.3 is 15.5 Å². The first-order chi connectivity index (χ1) is 15.9. The zero-order valence-electron chi connectivity index (χ0n) is 18.2. The second-order valence-corrected chi connectivity index (χ2v) is 9.52. The van der Waals surface area contributed by atoms with Crippen molar-refractivity contribution in [1.29, 1.82) is 0 Å². The Labute approximate surface area is 196 Å². The number of halogens is 3. The van der Waals surface area contributed by atoms with Crippen molar-refractivity contribution < 1.29 is 33.0 Å². The molecule has 12 heteroatoms. The quantitative estimate of drug-likeness (QED) is 0.565. The van der Waals surface area contributed by atoms with Gasteiger partial charge >= 0.3 is 11.9 Å². The van der Waals surface area contributed by atoms with Crippen molar-refractivity contribution in [2.75, 3.05) is 13.1 Å². The lowest BCUT2D eigenvalue weighted by atomic mass is 9.82. The summed E-state index contributed by atoms with van der Waals surface area (Å²) in [4.78, 5) is 34.2. The maximum absolute atomic E-state index is 14.3. The fourth-order valence-electron chi connectivity index (χ4n) is 4.44. The number of aromatic nitrogens is 1. The average molecular weight is 494 g/mol. The molecule has 2 aliphatic rings. The van der Waals surface area contributed by atoms with Gasteiger partial charge in [0.05, 0.1) is 12.1 Å². The molecule has 2 aliphatic heterocycles. The molecule has 8 nitrogen and oxygen atoms in total. The van der Waals surface area contributed by atoms with Crippen LogP contribution in [-0.2, 0) is 15.1 Å². The molecule has 2 atom stereocenters. The number of alkyl halides is 2. The Morgan fingerprint density at radius 1 is 1.21 bits per heavy atom. The van der Waals surface area contributed by atoms with Crippen LogP contribution in [0, 0.1) is 5.82 Å². The van der Waals surface area contributed by atoms with Crippen LogP contribution in [0.25, 0.3) is 0 Å². The number of aliphatic carboxylic acids is 2. The van der Waals surface area contributed by atoms with E-state index in [1.807, 2.05) is 0 Å². The number of carbonyl (C=O) groups is 2. The molecule has 1 aromatic carbocycles. The molecule has 1 fully saturated rings. The number of thiazole rings is 1. The Morgan fingerprint density at radius 2 is 1.88 bits per heavy atom. The molecule has 2 unspecified atom stereocenters. The van der Waals surface area contributed by atoms with Gasteiger partial charge in [-0.05, 0) is 31.5 Å². The number of hydrogen-bond donors (Lipinski definition) is 3. The van der Waals surface area contributed by atoms with Gasteiger partial charge in [-0.3, -0.25) is 9.69 Å². The summed E-state index contributed by atoms with van der Waals surface area (Å²) >= 11 is 1.22. The van der Waals surface area contributed by atoms with Gasteiger partial charge in [0.25, 0.3) is 5.92 Å². The molecule has 0 spiro atoms. The summed E-state index contributed by atoms with van der Waals surface area (Å²) in [6.45, 7) is 1.44. The Balaban J connectivity index is 1.87. The van der Waals surface area contributed by atoms with Crippen molar-refractivity contribution in [3.05, 3.63) is 63.5 Å². The fraction of sp³-hybridized carbons (Fsp3) is 0.364. The van der Waals surface area contributed by atoms with Crippen molar-refractivity contribution >= 4 is 29.1 Å². The van der Waals surface area contributed by atoms with E-state index in [0.29, 0.717) is 10.6 Å². The zero-order chi connectivity index (χ0) is 24.9. The Morgan fingerprint density at radius 3 is 2.44 bits per heavy atom. The van der Waals surface area contributed by atoms with Crippen molar-refractivity contribution in [1.82, 2.24) is 15.2 Å². The van der Waals surface area contributed by atoms with Crippen LogP contribution in [-0.4, -0.2) is 62.4 Å². The van der Waals surface area contributed by atoms with Crippen LogP contribution in [0.4, 0.5) is 13.2 Å². The number of nitrogens with one attached hydrogen (secondary N) is 1. The minimum atomic E-state index is -3.27. The standard InChI is InChI=1S/C22H21F3N4O4S/c1-20(19(32)33)10-22(24,25)11-29(20)9-14-15(18(30)31)21(2,12-3-5-13(23)6-4-12)28-16(27-14)17-26-7-8-34-17/h3-8H,9-11H2,1-2H3,(H,27,28)(H,30,31)(H,32,33). The number of nitrogens with zero attached hydrogens (tertiary/aromatic N) is 3. The van der Waals surface area contributed by atoms with Crippen molar-refractivity contribution in [3.63, 3.8) is 0 Å². The first kappa shape index (κ1) is 23.9. The van der Waals surface area contributed by atoms with E-state index in [9.17, 15) is 33.0 Å². The predicted octanol–water partition coefficient (Wildman–Crippen LogP) is 3.07. The minimum absolute atomic E-state index is 0.00435. The molecule has 0 radical (unpaired) electrons. The predicted molar refractivity (Wildman–Crippen MR) is 117 cm³/mol. The van der Waals surface area contributed by atoms with Gasteiger partial charge in [0.15, 0.2) is 10.8 Å². The van der Waals surface area contributed by atoms with Gasteiger partial charge in [0.2, 0.25) is 0 Å². The lowest BCUT2D eigenvalue weighted by Gasteiger charge is -2.37. The molecule has 1 saturated heterocycles. The molecule has 1 aromatic heterocycles. The summed E-state index contributed by atoms with van der Waals surface area (Å²) in [5.74, 6) is -6.40. The zero-order valence-corrected chi connectivity index (χ0v) is 19.0. The number of carboxylic acids is 2. The highest BCUT2D eigenvalue weighted by Gasteiger charge is 2.57. The third-order valence-corrected chi connectivity index (χ3v) is 6.96. The highest BCUT2D eigenvalue weighted by molar-refractivity contribution is 7.11. The Kier molecular flexibility index (Phi) is 5.76. The third-order valence-electron chi connectivity index (χ3n) is 6.18. The molecule has 34 heavy (non-hydrogen) atoms. The van der Waals surface area contributed by atoms with Crippen LogP contribution in [0.3, 0.4) is 0 Å². The summed E-state index contributed by atoms with van der Waals surface area (Å²) in [6, 6.07) is 5.14. The van der Waals surface area contributed by atoms with Crippen molar-refractivity contribution in [3.8, 4) is 0 Å². The van der Waals surface area contributed by atoms with E-state index in [1.165, 1.54) is 55.6 Å². The van der Waals surface area contributed by atoms with E-state index >= 15 is 0 Å². The van der Waals surface area contributed by atoms with E-state index in [4.69, 9.17) is 0 Å². The van der Waals surface area contributed by atoms with E-state index < -0.39 is 54.3 Å². The second kappa shape index (κ2) is 8.20. The van der Waals surface area contributed by atoms with E-state index in [2.05, 4.69) is 15.3 Å². The number of amidine groups is 1. The maximum Gasteiger partial charge on any atom is 0.336 e. The molecule has 0 aliphatic carbocycles. The monoisotopic (exact) mass is 494 g/mol. The van der Waals surface area contributed by atoms with Crippen LogP contribution in [0.1, 0.15) is 30.8 Å². The molecule has 180 valence electrons. The first-order valence-electron chi connectivity index (χ1n) is 10.2. The summed E-state index contributed by atoms with van der Waals surface area (Å²) < 4.78 is 42.2. The summed E-state index contributed by atoms with van der Waals surface area (Å²) in [6.07, 6.45) is 0.617. The summed E-state index contributed by atoms with van der Waals surface area (Å²) in [5, 5.41) is 24.9. The Hall–Kier alpha value is -3.25. The molecule has 0 saturated carbocycles. The van der Waals surface area contributed by atoms with Crippen LogP contribution < -0.4 is 5.32 Å². The number of carboxylic acid groups (broad SMARTS) is 2. The molecule has 3 N–H and O–H groups in total. The number of benzene rings is 1. The molecule has 0 amide bonds. The third kappa shape index (κ3) is 4.07. The molecular formula is C22H21F3N4O4S. The van der Waals surface area contributed by atoms with Gasteiger partial charge in [0, 0.05) is 30.2 Å². The van der Waals surface area contributed by atoms with Crippen molar-refractivity contribution in [2.24, 2.45) is 4.99 Å². The maximum atomic E-state index is 14.3. The van der Waals surface area contributed by atoms with Crippen LogP contribution >= 0.6 is 11.3 Å². The van der Waals surface area contributed by atoms with E-state index in [1.54, 1.807) is 5.38 Å². The molecule has 0 bridgehead atoms. The highest BCUT2D eigenvalue weighted by Crippen LogP contribution is 2.42. The minimum Gasteiger partial charge on any atom is -0.480 e. The summed E-state index contributed by atoms with van der Waals surface area (Å²) in [5.41, 5.74) is -3.35. The van der Waals surface area contributed by atoms with Crippen molar-refractivity contribution in [2.45, 2.75) is 37.3 Å². The number of hydrogen-bond acceptors (Lipinski definition) is 7. The van der Waals surface area contributed by atoms with Gasteiger partial charge in [-0.1, -0.05) is 12.1 Å². The van der Waals surface area contributed by atoms with E-state index in [-0.39, 0.29) is 17.1 Å². The number of likely N-dealkylation sites (tertiary alicyclic amines) is 1. The smallest absolute Gasteiger partial charge is 0.336 e. The second-order valence-electron chi connectivity index (χ2n) is 8.63. The summed E-state index contributed by atoms with van der Waals surface area (Å²) in [7, 11) is 0. The topological polar surface area (TPSA) is 115 Å². The lowest BCUT2D eigenvalue weighted by molar-refractivity contribution is -0.148. The van der Waals surface area contributed by atoms with Gasteiger partial charge in [-0.15, -0.1) is 11.3 Å². The fourth-order valence-corrected chi connectivity index (χ4v) is 5.03. The largest absolute Gasteiger partial charge is 0.480 e. The van der Waals surface area contributed by atoms with Gasteiger partial charge in [-0.2, -0.15) is 0 Å². The Bertz CT molecular complexity index is 1200. The van der Waals surface area contributed by atoms with Crippen LogP contribution in [0.5, 0.6) is 0 Å². The van der Waals surface area contributed by atoms with Crippen LogP contribution in [0.15, 0.2) is 52.1 Å². The molecule has 3 heterocycles. The molecule has 2 aromatic rings. The van der Waals surface area contributed by atoms with Crippen LogP contribution in [0.2, 0.25) is 0 Å². The van der Waals surface area contributed by atoms with Gasteiger partial charge in [-0.25, -0.2) is 27.9 Å². The molecular weight excluding hydrogens is 473 g/mol. The molecule has 4 rings (SSSR count). The number of rotatable bonds is 6. The van der Waals surface area contributed by atoms with E-state index in [0.717, 1.165) is 4.90 Å². The first-order valence-corrected chi connectivity index (χ1v) is 11.1. The SMILES string of the molecule is CC1(c2ccc(F)cc2)N=C(c2nccs2)NC(CN2CC(F)(F)CC2(C)C(=O)O)=C1C(=O)O. The lowest BCUT2D eigenvalue weighted by Crippen LogP contribution is -2.51. The highest BCUT2D eigenvalue weighted by atomic mass is 32.1. The normalized spacial score (nSPS) is 26.8. The van der Waals surface area contributed by atoms with Gasteiger partial charge in [0.1, 0.15) is 16.9 Å². The number of aliphatic imine (C=N–C) groups is 1.